The van der Waals surface area contributed by atoms with Crippen LogP contribution in [0.15, 0.2) is 54.6 Å². The van der Waals surface area contributed by atoms with Crippen molar-refractivity contribution in [2.24, 2.45) is 0 Å². The van der Waals surface area contributed by atoms with Crippen molar-refractivity contribution in [3.8, 4) is 11.5 Å². The molecule has 1 heterocycles. The number of rotatable bonds is 3. The first-order valence-corrected chi connectivity index (χ1v) is 6.71. The van der Waals surface area contributed by atoms with Crippen LogP contribution in [0.25, 0.3) is 0 Å². The minimum Gasteiger partial charge on any atom is -0.457 e. The molecule has 0 atom stereocenters. The van der Waals surface area contributed by atoms with Crippen molar-refractivity contribution in [2.75, 3.05) is 18.0 Å². The van der Waals surface area contributed by atoms with E-state index < -0.39 is 0 Å². The van der Waals surface area contributed by atoms with Crippen molar-refractivity contribution < 1.29 is 9.53 Å². The molecule has 4 heteroatoms. The van der Waals surface area contributed by atoms with Gasteiger partial charge in [-0.15, -0.1) is 0 Å². The number of benzene rings is 2. The molecule has 1 fully saturated rings. The SMILES string of the molecule is O=C1NCCCN1c1cccc(Oc2ccccc2)c1. The van der Waals surface area contributed by atoms with Gasteiger partial charge in [-0.25, -0.2) is 4.79 Å². The number of hydrogen-bond acceptors (Lipinski definition) is 2. The average Bonchev–Trinajstić information content (AvgIpc) is 2.49. The van der Waals surface area contributed by atoms with E-state index in [0.29, 0.717) is 0 Å². The van der Waals surface area contributed by atoms with Crippen LogP contribution in [0.3, 0.4) is 0 Å². The van der Waals surface area contributed by atoms with E-state index in [1.807, 2.05) is 54.6 Å². The number of nitrogens with zero attached hydrogens (tertiary/aromatic N) is 1. The summed E-state index contributed by atoms with van der Waals surface area (Å²) in [6, 6.07) is 17.2. The van der Waals surface area contributed by atoms with Gasteiger partial charge >= 0.3 is 6.03 Å². The fourth-order valence-corrected chi connectivity index (χ4v) is 2.22. The van der Waals surface area contributed by atoms with Crippen LogP contribution in [0, 0.1) is 0 Å². The molecule has 4 nitrogen and oxygen atoms in total. The van der Waals surface area contributed by atoms with Gasteiger partial charge in [0.2, 0.25) is 0 Å². The van der Waals surface area contributed by atoms with Crippen molar-refractivity contribution in [1.82, 2.24) is 5.32 Å². The predicted octanol–water partition coefficient (Wildman–Crippen LogP) is 3.40. The zero-order valence-electron chi connectivity index (χ0n) is 11.1. The molecule has 0 unspecified atom stereocenters. The summed E-state index contributed by atoms with van der Waals surface area (Å²) in [5.41, 5.74) is 0.857. The Morgan fingerprint density at radius 3 is 2.60 bits per heavy atom. The lowest BCUT2D eigenvalue weighted by atomic mass is 10.2. The summed E-state index contributed by atoms with van der Waals surface area (Å²) in [6.45, 7) is 1.48. The summed E-state index contributed by atoms with van der Waals surface area (Å²) in [4.78, 5) is 13.6. The van der Waals surface area contributed by atoms with Crippen molar-refractivity contribution >= 4 is 11.7 Å². The van der Waals surface area contributed by atoms with Gasteiger partial charge in [-0.2, -0.15) is 0 Å². The maximum atomic E-state index is 11.8. The second-order valence-electron chi connectivity index (χ2n) is 4.65. The minimum absolute atomic E-state index is 0.0480. The number of carbonyl (C=O) groups is 1. The Kier molecular flexibility index (Phi) is 3.54. The van der Waals surface area contributed by atoms with Crippen LogP contribution in [-0.4, -0.2) is 19.1 Å². The van der Waals surface area contributed by atoms with Crippen molar-refractivity contribution in [2.45, 2.75) is 6.42 Å². The van der Waals surface area contributed by atoms with Crippen LogP contribution in [0.1, 0.15) is 6.42 Å². The normalized spacial score (nSPS) is 14.8. The fraction of sp³-hybridized carbons (Fsp3) is 0.188. The number of carbonyl (C=O) groups excluding carboxylic acids is 1. The standard InChI is InChI=1S/C16H16N2O2/c19-16-17-10-5-11-18(16)13-6-4-9-15(12-13)20-14-7-2-1-3-8-14/h1-4,6-9,12H,5,10-11H2,(H,17,19). The summed E-state index contributed by atoms with van der Waals surface area (Å²) in [5, 5.41) is 2.85. The highest BCUT2D eigenvalue weighted by atomic mass is 16.5. The number of ether oxygens (including phenoxy) is 1. The van der Waals surface area contributed by atoms with E-state index in [-0.39, 0.29) is 6.03 Å². The van der Waals surface area contributed by atoms with E-state index in [1.54, 1.807) is 4.90 Å². The van der Waals surface area contributed by atoms with E-state index in [9.17, 15) is 4.79 Å². The van der Waals surface area contributed by atoms with Crippen LogP contribution in [0.5, 0.6) is 11.5 Å². The third-order valence-electron chi connectivity index (χ3n) is 3.19. The lowest BCUT2D eigenvalue weighted by Gasteiger charge is -2.27. The quantitative estimate of drug-likeness (QED) is 0.927. The summed E-state index contributed by atoms with van der Waals surface area (Å²) in [7, 11) is 0. The molecule has 20 heavy (non-hydrogen) atoms. The molecule has 0 aromatic heterocycles. The molecule has 0 bridgehead atoms. The van der Waals surface area contributed by atoms with Crippen LogP contribution < -0.4 is 15.0 Å². The van der Waals surface area contributed by atoms with Gasteiger partial charge in [-0.3, -0.25) is 4.90 Å². The van der Waals surface area contributed by atoms with E-state index >= 15 is 0 Å². The van der Waals surface area contributed by atoms with Crippen LogP contribution in [-0.2, 0) is 0 Å². The fourth-order valence-electron chi connectivity index (χ4n) is 2.22. The summed E-state index contributed by atoms with van der Waals surface area (Å²) in [6.07, 6.45) is 0.954. The van der Waals surface area contributed by atoms with Crippen LogP contribution >= 0.6 is 0 Å². The second-order valence-corrected chi connectivity index (χ2v) is 4.65. The molecule has 0 radical (unpaired) electrons. The Hall–Kier alpha value is -2.49. The van der Waals surface area contributed by atoms with E-state index in [1.165, 1.54) is 0 Å². The lowest BCUT2D eigenvalue weighted by Crippen LogP contribution is -2.46. The topological polar surface area (TPSA) is 41.6 Å². The smallest absolute Gasteiger partial charge is 0.321 e. The molecule has 2 aromatic carbocycles. The molecule has 2 amide bonds. The highest BCUT2D eigenvalue weighted by Crippen LogP contribution is 2.26. The molecule has 0 aliphatic carbocycles. The second kappa shape index (κ2) is 5.65. The predicted molar refractivity (Wildman–Crippen MR) is 78.3 cm³/mol. The lowest BCUT2D eigenvalue weighted by molar-refractivity contribution is 0.243. The summed E-state index contributed by atoms with van der Waals surface area (Å²) < 4.78 is 5.79. The Labute approximate surface area is 118 Å². The Balaban J connectivity index is 1.80. The maximum Gasteiger partial charge on any atom is 0.321 e. The largest absolute Gasteiger partial charge is 0.457 e. The third-order valence-corrected chi connectivity index (χ3v) is 3.19. The Morgan fingerprint density at radius 2 is 1.80 bits per heavy atom. The number of urea groups is 1. The van der Waals surface area contributed by atoms with Gasteiger partial charge in [0.15, 0.2) is 0 Å². The zero-order valence-corrected chi connectivity index (χ0v) is 11.1. The number of anilines is 1. The van der Waals surface area contributed by atoms with Gasteiger partial charge in [-0.05, 0) is 30.7 Å². The molecule has 2 aromatic rings. The number of nitrogens with one attached hydrogen (secondary N) is 1. The van der Waals surface area contributed by atoms with E-state index in [0.717, 1.165) is 36.7 Å². The zero-order chi connectivity index (χ0) is 13.8. The summed E-state index contributed by atoms with van der Waals surface area (Å²) >= 11 is 0. The monoisotopic (exact) mass is 268 g/mol. The average molecular weight is 268 g/mol. The Bertz CT molecular complexity index is 598. The molecule has 1 aliphatic rings. The Morgan fingerprint density at radius 1 is 1.00 bits per heavy atom. The van der Waals surface area contributed by atoms with Gasteiger partial charge in [-0.1, -0.05) is 24.3 Å². The molecule has 3 rings (SSSR count). The van der Waals surface area contributed by atoms with Gasteiger partial charge in [0.1, 0.15) is 11.5 Å². The molecule has 1 saturated heterocycles. The number of amides is 2. The first-order chi connectivity index (χ1) is 9.83. The third kappa shape index (κ3) is 2.74. The van der Waals surface area contributed by atoms with Crippen molar-refractivity contribution in [3.63, 3.8) is 0 Å². The van der Waals surface area contributed by atoms with Crippen molar-refractivity contribution in [1.29, 1.82) is 0 Å². The van der Waals surface area contributed by atoms with Crippen LogP contribution in [0.4, 0.5) is 10.5 Å². The molecule has 1 aliphatic heterocycles. The number of hydrogen-bond donors (Lipinski definition) is 1. The molecule has 0 spiro atoms. The molecule has 0 saturated carbocycles. The highest BCUT2D eigenvalue weighted by molar-refractivity contribution is 5.92. The molecule has 1 N–H and O–H groups in total. The molecular weight excluding hydrogens is 252 g/mol. The van der Waals surface area contributed by atoms with Gasteiger partial charge < -0.3 is 10.1 Å². The first kappa shape index (κ1) is 12.5. The van der Waals surface area contributed by atoms with Gasteiger partial charge in [0.25, 0.3) is 0 Å². The van der Waals surface area contributed by atoms with E-state index in [4.69, 9.17) is 4.74 Å². The van der Waals surface area contributed by atoms with Crippen molar-refractivity contribution in [3.05, 3.63) is 54.6 Å². The van der Waals surface area contributed by atoms with Gasteiger partial charge in [0.05, 0.1) is 0 Å². The highest BCUT2D eigenvalue weighted by Gasteiger charge is 2.19. The van der Waals surface area contributed by atoms with Gasteiger partial charge in [0, 0.05) is 24.8 Å². The maximum absolute atomic E-state index is 11.8. The first-order valence-electron chi connectivity index (χ1n) is 6.71. The number of para-hydroxylation sites is 1. The van der Waals surface area contributed by atoms with Crippen LogP contribution in [0.2, 0.25) is 0 Å². The summed E-state index contributed by atoms with van der Waals surface area (Å²) in [5.74, 6) is 1.51. The molecular formula is C16H16N2O2. The minimum atomic E-state index is -0.0480. The van der Waals surface area contributed by atoms with E-state index in [2.05, 4.69) is 5.32 Å². The molecule has 102 valence electrons.